The van der Waals surface area contributed by atoms with E-state index in [2.05, 4.69) is 0 Å². The molecule has 9 heteroatoms. The molecule has 1 unspecified atom stereocenters. The first kappa shape index (κ1) is 20.1. The minimum atomic E-state index is -3.75. The van der Waals surface area contributed by atoms with Crippen LogP contribution in [0.3, 0.4) is 0 Å². The van der Waals surface area contributed by atoms with Crippen LogP contribution < -0.4 is 4.31 Å². The molecule has 0 spiro atoms. The van der Waals surface area contributed by atoms with Crippen LogP contribution >= 0.6 is 0 Å². The molecule has 7 nitrogen and oxygen atoms in total. The summed E-state index contributed by atoms with van der Waals surface area (Å²) in [7, 11) is -7.48. The Labute approximate surface area is 171 Å². The van der Waals surface area contributed by atoms with E-state index < -0.39 is 31.9 Å². The van der Waals surface area contributed by atoms with E-state index in [9.17, 15) is 21.6 Å². The largest absolute Gasteiger partial charge is 0.273 e. The van der Waals surface area contributed by atoms with Crippen molar-refractivity contribution in [2.75, 3.05) is 16.6 Å². The van der Waals surface area contributed by atoms with Gasteiger partial charge in [0.15, 0.2) is 0 Å². The van der Waals surface area contributed by atoms with Crippen molar-refractivity contribution in [3.8, 4) is 0 Å². The molecule has 1 fully saturated rings. The van der Waals surface area contributed by atoms with Gasteiger partial charge in [-0.15, -0.1) is 0 Å². The number of anilines is 1. The van der Waals surface area contributed by atoms with Crippen molar-refractivity contribution in [3.63, 3.8) is 0 Å². The lowest BCUT2D eigenvalue weighted by Crippen LogP contribution is -2.36. The van der Waals surface area contributed by atoms with Gasteiger partial charge in [0.25, 0.3) is 0 Å². The summed E-state index contributed by atoms with van der Waals surface area (Å²) < 4.78 is 53.3. The highest BCUT2D eigenvalue weighted by Gasteiger charge is 2.42. The zero-order chi connectivity index (χ0) is 21.0. The zero-order valence-corrected chi connectivity index (χ0v) is 17.8. The number of benzene rings is 2. The first-order valence-electron chi connectivity index (χ1n) is 9.36. The van der Waals surface area contributed by atoms with Crippen molar-refractivity contribution < 1.29 is 21.6 Å². The highest BCUT2D eigenvalue weighted by atomic mass is 32.2. The maximum atomic E-state index is 13.2. The molecule has 1 saturated heterocycles. The zero-order valence-electron chi connectivity index (χ0n) is 16.2. The molecule has 0 bridgehead atoms. The molecule has 2 aromatic rings. The monoisotopic (exact) mass is 434 g/mol. The Morgan fingerprint density at radius 2 is 1.76 bits per heavy atom. The average Bonchev–Trinajstić information content (AvgIpc) is 2.87. The van der Waals surface area contributed by atoms with Crippen molar-refractivity contribution in [1.82, 2.24) is 4.31 Å². The Balaban J connectivity index is 1.67. The Hall–Kier alpha value is -2.23. The molecule has 1 amide bonds. The molecule has 2 heterocycles. The molecule has 2 aromatic carbocycles. The summed E-state index contributed by atoms with van der Waals surface area (Å²) in [5, 5.41) is 0. The number of fused-ring (bicyclic) bond motifs is 1. The van der Waals surface area contributed by atoms with Gasteiger partial charge in [-0.1, -0.05) is 31.2 Å². The van der Waals surface area contributed by atoms with Gasteiger partial charge in [0.2, 0.25) is 26.0 Å². The van der Waals surface area contributed by atoms with Gasteiger partial charge in [0, 0.05) is 13.1 Å². The van der Waals surface area contributed by atoms with E-state index in [0.29, 0.717) is 25.1 Å². The molecule has 1 atom stereocenters. The summed E-state index contributed by atoms with van der Waals surface area (Å²) in [4.78, 5) is 12.4. The first-order chi connectivity index (χ1) is 13.6. The third-order valence-electron chi connectivity index (χ3n) is 5.47. The molecule has 4 rings (SSSR count). The minimum Gasteiger partial charge on any atom is -0.273 e. The summed E-state index contributed by atoms with van der Waals surface area (Å²) in [5.74, 6) is -1.34. The normalized spacial score (nSPS) is 21.9. The highest BCUT2D eigenvalue weighted by Crippen LogP contribution is 2.32. The number of carbonyl (C=O) groups excluding carboxylic acids is 1. The molecule has 0 aromatic heterocycles. The van der Waals surface area contributed by atoms with Gasteiger partial charge in [-0.2, -0.15) is 4.31 Å². The fourth-order valence-corrected chi connectivity index (χ4v) is 7.39. The second-order valence-corrected chi connectivity index (χ2v) is 11.4. The summed E-state index contributed by atoms with van der Waals surface area (Å²) in [6.07, 6.45) is 0.644. The minimum absolute atomic E-state index is 0.123. The van der Waals surface area contributed by atoms with Crippen molar-refractivity contribution in [1.29, 1.82) is 0 Å². The van der Waals surface area contributed by atoms with Gasteiger partial charge in [0.05, 0.1) is 22.3 Å². The van der Waals surface area contributed by atoms with Crippen LogP contribution in [0.1, 0.15) is 23.6 Å². The lowest BCUT2D eigenvalue weighted by Gasteiger charge is -2.28. The van der Waals surface area contributed by atoms with E-state index in [1.807, 2.05) is 24.3 Å². The highest BCUT2D eigenvalue weighted by molar-refractivity contribution is 7.94. The molecule has 29 heavy (non-hydrogen) atoms. The molecule has 0 saturated carbocycles. The van der Waals surface area contributed by atoms with Crippen LogP contribution in [0.15, 0.2) is 47.4 Å². The van der Waals surface area contributed by atoms with E-state index in [-0.39, 0.29) is 16.3 Å². The van der Waals surface area contributed by atoms with E-state index >= 15 is 0 Å². The first-order valence-corrected chi connectivity index (χ1v) is 12.4. The Kier molecular flexibility index (Phi) is 4.79. The van der Waals surface area contributed by atoms with Gasteiger partial charge in [0.1, 0.15) is 0 Å². The van der Waals surface area contributed by atoms with Crippen LogP contribution in [0.4, 0.5) is 5.69 Å². The van der Waals surface area contributed by atoms with Crippen molar-refractivity contribution in [2.45, 2.75) is 31.7 Å². The number of aryl methyl sites for hydroxylation is 1. The molecular weight excluding hydrogens is 412 g/mol. The molecule has 154 valence electrons. The summed E-state index contributed by atoms with van der Waals surface area (Å²) in [5.41, 5.74) is 2.72. The fraction of sp³-hybridized carbons (Fsp3) is 0.350. The molecule has 0 N–H and O–H groups in total. The maximum Gasteiger partial charge on any atom is 0.244 e. The van der Waals surface area contributed by atoms with Crippen LogP contribution in [0, 0.1) is 12.8 Å². The number of hydrogen-bond acceptors (Lipinski definition) is 5. The Bertz CT molecular complexity index is 1210. The topological polar surface area (TPSA) is 91.8 Å². The Morgan fingerprint density at radius 1 is 1.07 bits per heavy atom. The number of amides is 1. The Morgan fingerprint density at radius 3 is 2.38 bits per heavy atom. The molecule has 0 aliphatic carbocycles. The quantitative estimate of drug-likeness (QED) is 0.737. The number of carbonyl (C=O) groups is 1. The van der Waals surface area contributed by atoms with Crippen molar-refractivity contribution in [2.24, 2.45) is 5.92 Å². The SMILES string of the molecule is Cc1cc(N2C(=O)C(C)CS2(=O)=O)ccc1S(=O)(=O)N1CCc2ccccc2C1. The van der Waals surface area contributed by atoms with E-state index in [1.54, 1.807) is 13.8 Å². The number of rotatable bonds is 3. The molecule has 2 aliphatic rings. The molecule has 2 aliphatic heterocycles. The smallest absolute Gasteiger partial charge is 0.244 e. The third kappa shape index (κ3) is 3.37. The van der Waals surface area contributed by atoms with Gasteiger partial charge in [-0.25, -0.2) is 21.1 Å². The van der Waals surface area contributed by atoms with Crippen LogP contribution in [-0.2, 0) is 37.8 Å². The van der Waals surface area contributed by atoms with Gasteiger partial charge < -0.3 is 0 Å². The standard InChI is InChI=1S/C20H22N2O5S2/c1-14-11-18(22-20(23)15(2)13-28(22,24)25)7-8-19(14)29(26,27)21-10-9-16-5-3-4-6-17(16)12-21/h3-8,11,15H,9-10,12-13H2,1-2H3. The number of hydrogen-bond donors (Lipinski definition) is 0. The van der Waals surface area contributed by atoms with E-state index in [0.717, 1.165) is 15.4 Å². The lowest BCUT2D eigenvalue weighted by atomic mass is 10.0. The second-order valence-electron chi connectivity index (χ2n) is 7.59. The van der Waals surface area contributed by atoms with Gasteiger partial charge >= 0.3 is 0 Å². The average molecular weight is 435 g/mol. The van der Waals surface area contributed by atoms with Crippen LogP contribution in [0.2, 0.25) is 0 Å². The summed E-state index contributed by atoms with van der Waals surface area (Å²) in [6, 6.07) is 12.0. The van der Waals surface area contributed by atoms with Crippen LogP contribution in [0.25, 0.3) is 0 Å². The number of sulfonamides is 2. The van der Waals surface area contributed by atoms with Crippen molar-refractivity contribution >= 4 is 31.6 Å². The second kappa shape index (κ2) is 6.93. The predicted octanol–water partition coefficient (Wildman–Crippen LogP) is 2.05. The van der Waals surface area contributed by atoms with Gasteiger partial charge in [-0.05, 0) is 48.2 Å². The molecular formula is C20H22N2O5S2. The third-order valence-corrected chi connectivity index (χ3v) is 9.34. The van der Waals surface area contributed by atoms with Crippen LogP contribution in [0.5, 0.6) is 0 Å². The van der Waals surface area contributed by atoms with E-state index in [1.165, 1.54) is 22.5 Å². The summed E-state index contributed by atoms with van der Waals surface area (Å²) >= 11 is 0. The van der Waals surface area contributed by atoms with Crippen LogP contribution in [-0.4, -0.2) is 39.3 Å². The van der Waals surface area contributed by atoms with E-state index in [4.69, 9.17) is 0 Å². The summed E-state index contributed by atoms with van der Waals surface area (Å²) in [6.45, 7) is 3.87. The van der Waals surface area contributed by atoms with Gasteiger partial charge in [-0.3, -0.25) is 4.79 Å². The number of nitrogens with zero attached hydrogens (tertiary/aromatic N) is 2. The maximum absolute atomic E-state index is 13.2. The lowest BCUT2D eigenvalue weighted by molar-refractivity contribution is -0.119. The fourth-order valence-electron chi connectivity index (χ4n) is 3.95. The van der Waals surface area contributed by atoms with Crippen molar-refractivity contribution in [3.05, 3.63) is 59.2 Å². The predicted molar refractivity (Wildman–Crippen MR) is 109 cm³/mol. The molecule has 0 radical (unpaired) electrons.